The fraction of sp³-hybridized carbons (Fsp3) is 0.350. The summed E-state index contributed by atoms with van der Waals surface area (Å²) in [5.74, 6) is 0.377. The summed E-state index contributed by atoms with van der Waals surface area (Å²) in [5.41, 5.74) is 0.949. The van der Waals surface area contributed by atoms with Crippen LogP contribution in [0.3, 0.4) is 0 Å². The Bertz CT molecular complexity index is 962. The van der Waals surface area contributed by atoms with Crippen LogP contribution in [0.2, 0.25) is 0 Å². The fourth-order valence-electron chi connectivity index (χ4n) is 3.30. The highest BCUT2D eigenvalue weighted by atomic mass is 32.2. The lowest BCUT2D eigenvalue weighted by atomic mass is 10.0. The average Bonchev–Trinajstić information content (AvgIpc) is 2.70. The number of hydrogen-bond acceptors (Lipinski definition) is 5. The summed E-state index contributed by atoms with van der Waals surface area (Å²) in [6.07, 6.45) is 0.820. The molecule has 8 heteroatoms. The molecule has 1 N–H and O–H groups in total. The number of para-hydroxylation sites is 1. The first-order chi connectivity index (χ1) is 13.3. The van der Waals surface area contributed by atoms with Crippen molar-refractivity contribution >= 4 is 27.3 Å². The van der Waals surface area contributed by atoms with Gasteiger partial charge in [0.05, 0.1) is 25.6 Å². The van der Waals surface area contributed by atoms with E-state index in [1.54, 1.807) is 42.5 Å². The minimum absolute atomic E-state index is 0.239. The van der Waals surface area contributed by atoms with Crippen LogP contribution in [0, 0.1) is 0 Å². The number of sulfonamides is 1. The van der Waals surface area contributed by atoms with Crippen LogP contribution in [0.1, 0.15) is 19.8 Å². The van der Waals surface area contributed by atoms with E-state index in [9.17, 15) is 13.2 Å². The molecule has 0 bridgehead atoms. The number of nitrogens with one attached hydrogen (secondary N) is 1. The molecular formula is C20H24N2O5S. The van der Waals surface area contributed by atoms with Gasteiger partial charge in [0.25, 0.3) is 0 Å². The second-order valence-electron chi connectivity index (χ2n) is 6.77. The van der Waals surface area contributed by atoms with Gasteiger partial charge < -0.3 is 14.8 Å². The number of amides is 1. The van der Waals surface area contributed by atoms with Gasteiger partial charge in [0.1, 0.15) is 11.5 Å². The summed E-state index contributed by atoms with van der Waals surface area (Å²) in [7, 11) is -0.911. The van der Waals surface area contributed by atoms with Crippen molar-refractivity contribution in [2.24, 2.45) is 0 Å². The number of anilines is 2. The zero-order valence-electron chi connectivity index (χ0n) is 16.1. The van der Waals surface area contributed by atoms with E-state index in [1.807, 2.05) is 6.07 Å². The highest BCUT2D eigenvalue weighted by molar-refractivity contribution is 7.95. The van der Waals surface area contributed by atoms with Gasteiger partial charge in [-0.25, -0.2) is 8.42 Å². The number of ether oxygens (including phenoxy) is 2. The van der Waals surface area contributed by atoms with Crippen LogP contribution >= 0.6 is 0 Å². The molecular weight excluding hydrogens is 380 g/mol. The minimum atomic E-state index is -3.91. The Morgan fingerprint density at radius 2 is 1.82 bits per heavy atom. The van der Waals surface area contributed by atoms with Crippen molar-refractivity contribution in [2.45, 2.75) is 24.5 Å². The molecule has 2 aromatic carbocycles. The molecule has 0 saturated carbocycles. The number of rotatable bonds is 5. The third-order valence-corrected chi connectivity index (χ3v) is 7.56. The van der Waals surface area contributed by atoms with Gasteiger partial charge in [-0.3, -0.25) is 9.10 Å². The van der Waals surface area contributed by atoms with Gasteiger partial charge >= 0.3 is 0 Å². The Morgan fingerprint density at radius 3 is 2.46 bits per heavy atom. The lowest BCUT2D eigenvalue weighted by molar-refractivity contribution is -0.118. The molecule has 1 saturated heterocycles. The van der Waals surface area contributed by atoms with Crippen LogP contribution < -0.4 is 19.1 Å². The molecule has 150 valence electrons. The number of carbonyl (C=O) groups is 1. The lowest BCUT2D eigenvalue weighted by Gasteiger charge is -2.39. The van der Waals surface area contributed by atoms with E-state index in [4.69, 9.17) is 9.47 Å². The maximum absolute atomic E-state index is 13.3. The summed E-state index contributed by atoms with van der Waals surface area (Å²) in [5, 5.41) is 2.73. The second-order valence-corrected chi connectivity index (χ2v) is 9.06. The van der Waals surface area contributed by atoms with Gasteiger partial charge in [0.2, 0.25) is 15.9 Å². The first-order valence-electron chi connectivity index (χ1n) is 8.94. The molecule has 1 atom stereocenters. The van der Waals surface area contributed by atoms with Crippen LogP contribution in [0.25, 0.3) is 0 Å². The van der Waals surface area contributed by atoms with Crippen LogP contribution in [0.4, 0.5) is 11.4 Å². The second kappa shape index (κ2) is 7.71. The number of hydrogen-bond donors (Lipinski definition) is 1. The molecule has 1 heterocycles. The molecule has 0 aliphatic carbocycles. The van der Waals surface area contributed by atoms with E-state index in [1.165, 1.54) is 25.4 Å². The highest BCUT2D eigenvalue weighted by Gasteiger charge is 2.52. The minimum Gasteiger partial charge on any atom is -0.497 e. The van der Waals surface area contributed by atoms with Crippen LogP contribution in [-0.4, -0.2) is 39.8 Å². The standard InChI is InChI=1S/C20H24N2O5S/c1-20(19(23)21-17-11-10-16(26-2)14-18(17)27-3)12-7-13-22(28(20,24)25)15-8-5-4-6-9-15/h4-6,8-11,14H,7,12-13H2,1-3H3,(H,21,23)/t20-/m0/s1. The topological polar surface area (TPSA) is 84.9 Å². The maximum atomic E-state index is 13.3. The zero-order valence-corrected chi connectivity index (χ0v) is 17.0. The molecule has 28 heavy (non-hydrogen) atoms. The van der Waals surface area contributed by atoms with Crippen molar-refractivity contribution < 1.29 is 22.7 Å². The van der Waals surface area contributed by atoms with E-state index in [0.29, 0.717) is 35.8 Å². The van der Waals surface area contributed by atoms with Crippen LogP contribution in [0.5, 0.6) is 11.5 Å². The van der Waals surface area contributed by atoms with Crippen molar-refractivity contribution in [2.75, 3.05) is 30.4 Å². The van der Waals surface area contributed by atoms with E-state index in [-0.39, 0.29) is 6.42 Å². The molecule has 0 aromatic heterocycles. The smallest absolute Gasteiger partial charge is 0.249 e. The lowest BCUT2D eigenvalue weighted by Crippen LogP contribution is -2.57. The van der Waals surface area contributed by atoms with Crippen LogP contribution in [0.15, 0.2) is 48.5 Å². The number of nitrogens with zero attached hydrogens (tertiary/aromatic N) is 1. The number of benzene rings is 2. The van der Waals surface area contributed by atoms with Gasteiger partial charge in [-0.2, -0.15) is 0 Å². The molecule has 0 unspecified atom stereocenters. The SMILES string of the molecule is COc1ccc(NC(=O)[C@]2(C)CCCN(c3ccccc3)S2(=O)=O)c(OC)c1. The predicted molar refractivity (Wildman–Crippen MR) is 109 cm³/mol. The molecule has 2 aromatic rings. The number of carbonyl (C=O) groups excluding carboxylic acids is 1. The van der Waals surface area contributed by atoms with Crippen molar-refractivity contribution in [3.05, 3.63) is 48.5 Å². The molecule has 0 spiro atoms. The summed E-state index contributed by atoms with van der Waals surface area (Å²) in [4.78, 5) is 13.1. The normalized spacial score (nSPS) is 21.0. The predicted octanol–water partition coefficient (Wildman–Crippen LogP) is 3.03. The van der Waals surface area contributed by atoms with E-state index >= 15 is 0 Å². The molecule has 0 radical (unpaired) electrons. The molecule has 1 fully saturated rings. The molecule has 1 aliphatic heterocycles. The summed E-state index contributed by atoms with van der Waals surface area (Å²) < 4.78 is 36.9. The van der Waals surface area contributed by atoms with E-state index < -0.39 is 20.7 Å². The molecule has 3 rings (SSSR count). The van der Waals surface area contributed by atoms with E-state index in [0.717, 1.165) is 0 Å². The molecule has 1 amide bonds. The highest BCUT2D eigenvalue weighted by Crippen LogP contribution is 2.37. The molecule has 1 aliphatic rings. The summed E-state index contributed by atoms with van der Waals surface area (Å²) in [6.45, 7) is 1.82. The number of methoxy groups -OCH3 is 2. The Labute approximate surface area is 165 Å². The van der Waals surface area contributed by atoms with Gasteiger partial charge in [0.15, 0.2) is 4.75 Å². The monoisotopic (exact) mass is 404 g/mol. The van der Waals surface area contributed by atoms with Crippen molar-refractivity contribution in [1.29, 1.82) is 0 Å². The fourth-order valence-corrected chi connectivity index (χ4v) is 5.24. The van der Waals surface area contributed by atoms with Crippen molar-refractivity contribution in [1.82, 2.24) is 0 Å². The third-order valence-electron chi connectivity index (χ3n) is 5.06. The van der Waals surface area contributed by atoms with E-state index in [2.05, 4.69) is 5.32 Å². The first-order valence-corrected chi connectivity index (χ1v) is 10.4. The Balaban J connectivity index is 1.92. The Morgan fingerprint density at radius 1 is 1.11 bits per heavy atom. The zero-order chi connectivity index (χ0) is 20.4. The summed E-state index contributed by atoms with van der Waals surface area (Å²) in [6, 6.07) is 13.8. The van der Waals surface area contributed by atoms with Gasteiger partial charge in [-0.1, -0.05) is 18.2 Å². The van der Waals surface area contributed by atoms with Crippen molar-refractivity contribution in [3.63, 3.8) is 0 Å². The average molecular weight is 404 g/mol. The Hall–Kier alpha value is -2.74. The van der Waals surface area contributed by atoms with Gasteiger partial charge in [-0.05, 0) is 44.0 Å². The Kier molecular flexibility index (Phi) is 5.51. The largest absolute Gasteiger partial charge is 0.497 e. The van der Waals surface area contributed by atoms with Crippen LogP contribution in [-0.2, 0) is 14.8 Å². The maximum Gasteiger partial charge on any atom is 0.249 e. The first kappa shape index (κ1) is 20.0. The molecule has 7 nitrogen and oxygen atoms in total. The van der Waals surface area contributed by atoms with Gasteiger partial charge in [-0.15, -0.1) is 0 Å². The third kappa shape index (κ3) is 3.40. The van der Waals surface area contributed by atoms with Gasteiger partial charge in [0, 0.05) is 12.6 Å². The quantitative estimate of drug-likeness (QED) is 0.828. The van der Waals surface area contributed by atoms with Crippen molar-refractivity contribution in [3.8, 4) is 11.5 Å². The summed E-state index contributed by atoms with van der Waals surface area (Å²) >= 11 is 0.